The van der Waals surface area contributed by atoms with Crippen LogP contribution in [0.4, 0.5) is 0 Å². The minimum atomic E-state index is 0.576. The minimum absolute atomic E-state index is 0.576. The third-order valence-electron chi connectivity index (χ3n) is 11.2. The van der Waals surface area contributed by atoms with E-state index in [0.717, 1.165) is 88.3 Å². The average Bonchev–Trinajstić information content (AvgIpc) is 3.86. The molecule has 0 aliphatic carbocycles. The Morgan fingerprint density at radius 2 is 0.948 bits per heavy atom. The normalized spacial score (nSPS) is 11.8. The van der Waals surface area contributed by atoms with E-state index in [1.54, 1.807) is 0 Å². The van der Waals surface area contributed by atoms with Crippen LogP contribution in [0.15, 0.2) is 192 Å². The van der Waals surface area contributed by atoms with Crippen molar-refractivity contribution in [3.8, 4) is 51.1 Å². The highest BCUT2D eigenvalue weighted by Gasteiger charge is 2.21. The van der Waals surface area contributed by atoms with Crippen LogP contribution >= 0.6 is 0 Å². The molecule has 6 nitrogen and oxygen atoms in total. The van der Waals surface area contributed by atoms with E-state index in [-0.39, 0.29) is 0 Å². The molecule has 0 spiro atoms. The van der Waals surface area contributed by atoms with E-state index in [4.69, 9.17) is 24.4 Å². The predicted octanol–water partition coefficient (Wildman–Crippen LogP) is 13.2. The highest BCUT2D eigenvalue weighted by atomic mass is 16.3. The van der Waals surface area contributed by atoms with Crippen LogP contribution in [0.25, 0.3) is 117 Å². The van der Waals surface area contributed by atoms with Gasteiger partial charge in [0.25, 0.3) is 0 Å². The van der Waals surface area contributed by atoms with Crippen LogP contribution in [0, 0.1) is 0 Å². The quantitative estimate of drug-likeness (QED) is 0.164. The van der Waals surface area contributed by atoms with Crippen LogP contribution in [0.3, 0.4) is 0 Å². The van der Waals surface area contributed by atoms with Crippen molar-refractivity contribution in [2.24, 2.45) is 0 Å². The molecule has 8 aromatic carbocycles. The molecular formula is C52H31N5O. The summed E-state index contributed by atoms with van der Waals surface area (Å²) in [6, 6.07) is 64.9. The summed E-state index contributed by atoms with van der Waals surface area (Å²) in [5.74, 6) is 1.77. The third-order valence-corrected chi connectivity index (χ3v) is 11.2. The number of para-hydroxylation sites is 3. The zero-order valence-electron chi connectivity index (χ0n) is 31.0. The maximum Gasteiger partial charge on any atom is 0.164 e. The highest BCUT2D eigenvalue weighted by Crippen LogP contribution is 2.42. The van der Waals surface area contributed by atoms with Gasteiger partial charge in [-0.15, -0.1) is 0 Å². The molecule has 6 heteroatoms. The van der Waals surface area contributed by atoms with Crippen LogP contribution in [-0.4, -0.2) is 24.5 Å². The summed E-state index contributed by atoms with van der Waals surface area (Å²) in [7, 11) is 0. The number of aromatic nitrogens is 5. The van der Waals surface area contributed by atoms with Crippen molar-refractivity contribution in [3.05, 3.63) is 188 Å². The molecule has 0 aliphatic heterocycles. The Kier molecular flexibility index (Phi) is 7.13. The van der Waals surface area contributed by atoms with Gasteiger partial charge in [-0.05, 0) is 47.9 Å². The van der Waals surface area contributed by atoms with Gasteiger partial charge in [-0.1, -0.05) is 146 Å². The highest BCUT2D eigenvalue weighted by molar-refractivity contribution is 6.23. The zero-order valence-corrected chi connectivity index (χ0v) is 31.0. The number of hydrogen-bond acceptors (Lipinski definition) is 5. The molecule has 0 saturated heterocycles. The number of pyridine rings is 1. The summed E-state index contributed by atoms with van der Waals surface area (Å²) < 4.78 is 8.95. The number of nitrogens with zero attached hydrogens (tertiary/aromatic N) is 5. The smallest absolute Gasteiger partial charge is 0.164 e. The van der Waals surface area contributed by atoms with Gasteiger partial charge in [0.05, 0.1) is 27.6 Å². The summed E-state index contributed by atoms with van der Waals surface area (Å²) in [4.78, 5) is 20.9. The van der Waals surface area contributed by atoms with Crippen LogP contribution in [0.1, 0.15) is 0 Å². The lowest BCUT2D eigenvalue weighted by atomic mass is 9.99. The third kappa shape index (κ3) is 5.05. The second-order valence-electron chi connectivity index (χ2n) is 14.6. The standard InChI is InChI=1S/C52H31N5O/c1-2-15-33(16-3-1)50-54-51(56-52(55-50)36-19-13-20-37(31-36)57-43-25-9-6-22-39(43)40-23-7-10-26-44(40)57)35-18-12-17-34(30-35)47-46-41-24-8-11-27-45(41)58-49(46)42-29-28-32-14-4-5-21-38(32)48(42)53-47/h1-31H. The molecule has 0 amide bonds. The maximum absolute atomic E-state index is 6.63. The molecule has 12 rings (SSSR count). The first-order chi connectivity index (χ1) is 28.7. The lowest BCUT2D eigenvalue weighted by molar-refractivity contribution is 0.672. The van der Waals surface area contributed by atoms with Crippen molar-refractivity contribution < 1.29 is 4.42 Å². The van der Waals surface area contributed by atoms with Gasteiger partial charge in [0, 0.05) is 54.9 Å². The summed E-state index contributed by atoms with van der Waals surface area (Å²) in [6.45, 7) is 0. The van der Waals surface area contributed by atoms with E-state index in [0.29, 0.717) is 17.5 Å². The molecule has 0 aliphatic rings. The Balaban J connectivity index is 1.06. The zero-order chi connectivity index (χ0) is 38.2. The Hall–Kier alpha value is -7.96. The Bertz CT molecular complexity index is 3530. The molecule has 0 bridgehead atoms. The maximum atomic E-state index is 6.63. The van der Waals surface area contributed by atoms with E-state index < -0.39 is 0 Å². The van der Waals surface area contributed by atoms with E-state index >= 15 is 0 Å². The Labute approximate surface area is 332 Å². The van der Waals surface area contributed by atoms with Gasteiger partial charge >= 0.3 is 0 Å². The van der Waals surface area contributed by atoms with Crippen molar-refractivity contribution >= 4 is 65.4 Å². The second-order valence-corrected chi connectivity index (χ2v) is 14.6. The molecule has 12 aromatic rings. The number of rotatable bonds is 5. The van der Waals surface area contributed by atoms with E-state index in [2.05, 4.69) is 150 Å². The van der Waals surface area contributed by atoms with Crippen LogP contribution in [-0.2, 0) is 0 Å². The molecule has 0 saturated carbocycles. The fourth-order valence-corrected chi connectivity index (χ4v) is 8.55. The van der Waals surface area contributed by atoms with Gasteiger partial charge in [-0.25, -0.2) is 19.9 Å². The topological polar surface area (TPSA) is 69.6 Å². The average molecular weight is 742 g/mol. The summed E-state index contributed by atoms with van der Waals surface area (Å²) in [5, 5.41) is 7.64. The molecule has 0 radical (unpaired) electrons. The summed E-state index contributed by atoms with van der Waals surface area (Å²) in [6.07, 6.45) is 0. The molecule has 0 N–H and O–H groups in total. The van der Waals surface area contributed by atoms with Gasteiger partial charge in [0.1, 0.15) is 11.2 Å². The minimum Gasteiger partial charge on any atom is -0.455 e. The van der Waals surface area contributed by atoms with Crippen molar-refractivity contribution in [2.45, 2.75) is 0 Å². The Morgan fingerprint density at radius 1 is 0.379 bits per heavy atom. The molecular weight excluding hydrogens is 711 g/mol. The number of fused-ring (bicyclic) bond motifs is 10. The number of benzene rings is 8. The van der Waals surface area contributed by atoms with Crippen molar-refractivity contribution in [1.29, 1.82) is 0 Å². The van der Waals surface area contributed by atoms with Crippen molar-refractivity contribution in [3.63, 3.8) is 0 Å². The van der Waals surface area contributed by atoms with Crippen molar-refractivity contribution in [1.82, 2.24) is 24.5 Å². The lowest BCUT2D eigenvalue weighted by Crippen LogP contribution is -2.01. The predicted molar refractivity (Wildman–Crippen MR) is 236 cm³/mol. The van der Waals surface area contributed by atoms with Crippen LogP contribution in [0.2, 0.25) is 0 Å². The largest absolute Gasteiger partial charge is 0.455 e. The molecule has 0 unspecified atom stereocenters. The Morgan fingerprint density at radius 3 is 1.71 bits per heavy atom. The monoisotopic (exact) mass is 741 g/mol. The fourth-order valence-electron chi connectivity index (χ4n) is 8.55. The van der Waals surface area contributed by atoms with Gasteiger partial charge < -0.3 is 8.98 Å². The van der Waals surface area contributed by atoms with Crippen LogP contribution < -0.4 is 0 Å². The first-order valence-electron chi connectivity index (χ1n) is 19.4. The first-order valence-corrected chi connectivity index (χ1v) is 19.4. The number of hydrogen-bond donors (Lipinski definition) is 0. The molecule has 270 valence electrons. The second kappa shape index (κ2) is 12.8. The first kappa shape index (κ1) is 32.3. The van der Waals surface area contributed by atoms with Gasteiger partial charge in [0.15, 0.2) is 17.5 Å². The summed E-state index contributed by atoms with van der Waals surface area (Å²) >= 11 is 0. The van der Waals surface area contributed by atoms with Crippen LogP contribution in [0.5, 0.6) is 0 Å². The van der Waals surface area contributed by atoms with E-state index in [1.807, 2.05) is 42.5 Å². The van der Waals surface area contributed by atoms with E-state index in [1.165, 1.54) is 10.8 Å². The molecule has 0 atom stereocenters. The summed E-state index contributed by atoms with van der Waals surface area (Å²) in [5.41, 5.74) is 10.4. The van der Waals surface area contributed by atoms with Gasteiger partial charge in [-0.3, -0.25) is 0 Å². The molecule has 0 fully saturated rings. The van der Waals surface area contributed by atoms with Crippen molar-refractivity contribution in [2.75, 3.05) is 0 Å². The van der Waals surface area contributed by atoms with Gasteiger partial charge in [-0.2, -0.15) is 0 Å². The number of furan rings is 1. The van der Waals surface area contributed by atoms with Gasteiger partial charge in [0.2, 0.25) is 0 Å². The molecule has 58 heavy (non-hydrogen) atoms. The molecule has 4 heterocycles. The fraction of sp³-hybridized carbons (Fsp3) is 0. The lowest BCUT2D eigenvalue weighted by Gasteiger charge is -2.12. The van der Waals surface area contributed by atoms with E-state index in [9.17, 15) is 0 Å². The SMILES string of the molecule is c1ccc(-c2nc(-c3cccc(-c4nc5c6ccccc6ccc5c5oc6ccccc6c45)c3)nc(-c3cccc(-n4c5ccccc5c5ccccc54)c3)n2)cc1. The molecule has 4 aromatic heterocycles.